The van der Waals surface area contributed by atoms with Gasteiger partial charge in [-0.25, -0.2) is 0 Å². The molecule has 1 fully saturated rings. The maximum absolute atomic E-state index is 12.1. The molecular weight excluding hydrogens is 202 g/mol. The van der Waals surface area contributed by atoms with Crippen LogP contribution in [0.2, 0.25) is 0 Å². The molecule has 0 spiro atoms. The minimum absolute atomic E-state index is 0.114. The van der Waals surface area contributed by atoms with Gasteiger partial charge >= 0.3 is 0 Å². The number of hydrogen-bond acceptors (Lipinski definition) is 2. The summed E-state index contributed by atoms with van der Waals surface area (Å²) in [5.41, 5.74) is 1.04. The molecule has 0 saturated carbocycles. The number of carbonyl (C=O) groups is 1. The summed E-state index contributed by atoms with van der Waals surface area (Å²) in [6, 6.07) is 9.76. The highest BCUT2D eigenvalue weighted by Gasteiger charge is 2.28. The van der Waals surface area contributed by atoms with Crippen molar-refractivity contribution < 1.29 is 9.90 Å². The van der Waals surface area contributed by atoms with Crippen LogP contribution in [-0.4, -0.2) is 35.1 Å². The average molecular weight is 219 g/mol. The molecule has 0 bridgehead atoms. The minimum Gasteiger partial charge on any atom is -0.391 e. The number of rotatable bonds is 2. The van der Waals surface area contributed by atoms with E-state index < -0.39 is 0 Å². The Bertz CT molecular complexity index is 363. The van der Waals surface area contributed by atoms with Crippen LogP contribution in [0.4, 0.5) is 0 Å². The van der Waals surface area contributed by atoms with Crippen molar-refractivity contribution >= 4 is 5.91 Å². The Morgan fingerprint density at radius 3 is 2.69 bits per heavy atom. The van der Waals surface area contributed by atoms with E-state index in [-0.39, 0.29) is 17.9 Å². The number of hydrogen-bond donors (Lipinski definition) is 1. The van der Waals surface area contributed by atoms with Gasteiger partial charge in [-0.3, -0.25) is 4.79 Å². The number of aliphatic hydroxyl groups excluding tert-OH is 1. The highest BCUT2D eigenvalue weighted by Crippen LogP contribution is 2.20. The Morgan fingerprint density at radius 1 is 1.44 bits per heavy atom. The van der Waals surface area contributed by atoms with Crippen LogP contribution in [-0.2, 0) is 4.79 Å². The summed E-state index contributed by atoms with van der Waals surface area (Å²) >= 11 is 0. The van der Waals surface area contributed by atoms with E-state index in [4.69, 9.17) is 0 Å². The van der Waals surface area contributed by atoms with E-state index in [1.54, 1.807) is 4.90 Å². The van der Waals surface area contributed by atoms with Crippen LogP contribution in [0.1, 0.15) is 24.8 Å². The first-order chi connectivity index (χ1) is 7.68. The van der Waals surface area contributed by atoms with Gasteiger partial charge in [0, 0.05) is 13.1 Å². The molecule has 1 aliphatic rings. The molecule has 2 rings (SSSR count). The molecular formula is C13H17NO2. The molecule has 3 heteroatoms. The van der Waals surface area contributed by atoms with E-state index >= 15 is 0 Å². The summed E-state index contributed by atoms with van der Waals surface area (Å²) in [7, 11) is 0. The van der Waals surface area contributed by atoms with Crippen molar-refractivity contribution in [1.82, 2.24) is 4.90 Å². The zero-order chi connectivity index (χ0) is 11.5. The highest BCUT2D eigenvalue weighted by molar-refractivity contribution is 5.83. The summed E-state index contributed by atoms with van der Waals surface area (Å²) in [4.78, 5) is 13.9. The Kier molecular flexibility index (Phi) is 3.25. The van der Waals surface area contributed by atoms with Gasteiger partial charge in [0.15, 0.2) is 0 Å². The van der Waals surface area contributed by atoms with Gasteiger partial charge in [-0.2, -0.15) is 0 Å². The molecule has 1 heterocycles. The van der Waals surface area contributed by atoms with Crippen LogP contribution in [0.5, 0.6) is 0 Å². The first kappa shape index (κ1) is 11.1. The summed E-state index contributed by atoms with van der Waals surface area (Å²) in [5.74, 6) is -0.00532. The summed E-state index contributed by atoms with van der Waals surface area (Å²) in [5, 5.41) is 9.41. The normalized spacial score (nSPS) is 22.1. The maximum atomic E-state index is 12.1. The number of aliphatic hydroxyl groups is 1. The smallest absolute Gasteiger partial charge is 0.229 e. The number of amides is 1. The van der Waals surface area contributed by atoms with Gasteiger partial charge in [0.25, 0.3) is 0 Å². The molecule has 16 heavy (non-hydrogen) atoms. The zero-order valence-electron chi connectivity index (χ0n) is 9.47. The summed E-state index contributed by atoms with van der Waals surface area (Å²) in [6.45, 7) is 3.08. The van der Waals surface area contributed by atoms with E-state index in [0.29, 0.717) is 19.5 Å². The number of nitrogens with zero attached hydrogens (tertiary/aromatic N) is 1. The maximum Gasteiger partial charge on any atom is 0.229 e. The van der Waals surface area contributed by atoms with Gasteiger partial charge < -0.3 is 10.0 Å². The van der Waals surface area contributed by atoms with E-state index in [9.17, 15) is 9.90 Å². The fraction of sp³-hybridized carbons (Fsp3) is 0.462. The van der Waals surface area contributed by atoms with Crippen LogP contribution >= 0.6 is 0 Å². The number of β-amino-alcohol motifs (C(OH)–C–C–N with tert-alkyl or cyclic N) is 1. The van der Waals surface area contributed by atoms with Gasteiger partial charge in [-0.15, -0.1) is 0 Å². The second kappa shape index (κ2) is 4.66. The lowest BCUT2D eigenvalue weighted by Gasteiger charge is -2.20. The SMILES string of the molecule is C[C@H](C(=O)N1CC[C@@H](O)C1)c1ccccc1. The van der Waals surface area contributed by atoms with Crippen molar-refractivity contribution in [2.24, 2.45) is 0 Å². The monoisotopic (exact) mass is 219 g/mol. The fourth-order valence-electron chi connectivity index (χ4n) is 2.10. The molecule has 1 N–H and O–H groups in total. The molecule has 1 aromatic rings. The molecule has 0 aromatic heterocycles. The first-order valence-electron chi connectivity index (χ1n) is 5.70. The Morgan fingerprint density at radius 2 is 2.12 bits per heavy atom. The third-order valence-electron chi connectivity index (χ3n) is 3.15. The van der Waals surface area contributed by atoms with Gasteiger partial charge in [0.05, 0.1) is 12.0 Å². The summed E-state index contributed by atoms with van der Waals surface area (Å²) in [6.07, 6.45) is 0.361. The average Bonchev–Trinajstić information content (AvgIpc) is 2.75. The molecule has 1 saturated heterocycles. The topological polar surface area (TPSA) is 40.5 Å². The Hall–Kier alpha value is -1.35. The quantitative estimate of drug-likeness (QED) is 0.816. The number of carbonyl (C=O) groups excluding carboxylic acids is 1. The number of likely N-dealkylation sites (tertiary alicyclic amines) is 1. The molecule has 1 aromatic carbocycles. The van der Waals surface area contributed by atoms with Gasteiger partial charge in [0.1, 0.15) is 0 Å². The predicted molar refractivity (Wildman–Crippen MR) is 62.1 cm³/mol. The van der Waals surface area contributed by atoms with E-state index in [0.717, 1.165) is 5.56 Å². The van der Waals surface area contributed by atoms with Crippen LogP contribution in [0.3, 0.4) is 0 Å². The van der Waals surface area contributed by atoms with Crippen LogP contribution in [0.25, 0.3) is 0 Å². The standard InChI is InChI=1S/C13H17NO2/c1-10(11-5-3-2-4-6-11)13(16)14-8-7-12(15)9-14/h2-6,10,12,15H,7-9H2,1H3/t10-,12+/m0/s1. The van der Waals surface area contributed by atoms with Crippen molar-refractivity contribution in [3.63, 3.8) is 0 Å². The van der Waals surface area contributed by atoms with E-state index in [2.05, 4.69) is 0 Å². The second-order valence-corrected chi connectivity index (χ2v) is 4.36. The lowest BCUT2D eigenvalue weighted by molar-refractivity contribution is -0.131. The van der Waals surface area contributed by atoms with Gasteiger partial charge in [0.2, 0.25) is 5.91 Å². The first-order valence-corrected chi connectivity index (χ1v) is 5.70. The van der Waals surface area contributed by atoms with Gasteiger partial charge in [-0.1, -0.05) is 30.3 Å². The van der Waals surface area contributed by atoms with Crippen molar-refractivity contribution in [2.75, 3.05) is 13.1 Å². The highest BCUT2D eigenvalue weighted by atomic mass is 16.3. The molecule has 0 unspecified atom stereocenters. The van der Waals surface area contributed by atoms with Crippen molar-refractivity contribution in [3.05, 3.63) is 35.9 Å². The van der Waals surface area contributed by atoms with Crippen molar-refractivity contribution in [3.8, 4) is 0 Å². The molecule has 0 aliphatic carbocycles. The Labute approximate surface area is 95.7 Å². The summed E-state index contributed by atoms with van der Waals surface area (Å²) < 4.78 is 0. The van der Waals surface area contributed by atoms with Crippen LogP contribution in [0, 0.1) is 0 Å². The molecule has 0 radical (unpaired) electrons. The molecule has 3 nitrogen and oxygen atoms in total. The van der Waals surface area contributed by atoms with E-state index in [1.807, 2.05) is 37.3 Å². The molecule has 1 amide bonds. The van der Waals surface area contributed by atoms with Crippen molar-refractivity contribution in [1.29, 1.82) is 0 Å². The largest absolute Gasteiger partial charge is 0.391 e. The molecule has 86 valence electrons. The van der Waals surface area contributed by atoms with Gasteiger partial charge in [-0.05, 0) is 18.9 Å². The fourth-order valence-corrected chi connectivity index (χ4v) is 2.10. The van der Waals surface area contributed by atoms with E-state index in [1.165, 1.54) is 0 Å². The third-order valence-corrected chi connectivity index (χ3v) is 3.15. The lowest BCUT2D eigenvalue weighted by Crippen LogP contribution is -2.32. The lowest BCUT2D eigenvalue weighted by atomic mass is 10.00. The molecule has 2 atom stereocenters. The zero-order valence-corrected chi connectivity index (χ0v) is 9.47. The predicted octanol–water partition coefficient (Wildman–Crippen LogP) is 1.38. The molecule has 1 aliphatic heterocycles. The van der Waals surface area contributed by atoms with Crippen molar-refractivity contribution in [2.45, 2.75) is 25.4 Å². The van der Waals surface area contributed by atoms with Crippen LogP contribution < -0.4 is 0 Å². The third kappa shape index (κ3) is 2.25. The number of benzene rings is 1. The van der Waals surface area contributed by atoms with Crippen LogP contribution in [0.15, 0.2) is 30.3 Å². The minimum atomic E-state index is -0.341. The Balaban J connectivity index is 2.05. The second-order valence-electron chi connectivity index (χ2n) is 4.36.